The quantitative estimate of drug-likeness (QED) is 0.869. The Labute approximate surface area is 138 Å². The molecule has 1 aliphatic carbocycles. The molecule has 0 aromatic carbocycles. The lowest BCUT2D eigenvalue weighted by atomic mass is 9.88. The average Bonchev–Trinajstić information content (AvgIpc) is 3.23. The van der Waals surface area contributed by atoms with Crippen molar-refractivity contribution < 1.29 is 4.79 Å². The van der Waals surface area contributed by atoms with Gasteiger partial charge in [-0.3, -0.25) is 9.69 Å². The van der Waals surface area contributed by atoms with E-state index in [-0.39, 0.29) is 11.8 Å². The third-order valence-electron chi connectivity index (χ3n) is 5.27. The minimum Gasteiger partial charge on any atom is -0.356 e. The molecular weight excluding hydrogens is 290 g/mol. The third-order valence-corrected chi connectivity index (χ3v) is 5.27. The number of hydrogen-bond donors (Lipinski definition) is 1. The Hall–Kier alpha value is -1.43. The number of hydrogen-bond acceptors (Lipinski definition) is 4. The fourth-order valence-electron chi connectivity index (χ4n) is 3.85. The van der Waals surface area contributed by atoms with E-state index in [4.69, 9.17) is 0 Å². The summed E-state index contributed by atoms with van der Waals surface area (Å²) >= 11 is 0. The zero-order valence-corrected chi connectivity index (χ0v) is 14.2. The molecule has 128 valence electrons. The lowest BCUT2D eigenvalue weighted by Gasteiger charge is -2.22. The Kier molecular flexibility index (Phi) is 5.65. The highest BCUT2D eigenvalue weighted by Gasteiger charge is 2.26. The summed E-state index contributed by atoms with van der Waals surface area (Å²) in [6.45, 7) is 6.77. The van der Waals surface area contributed by atoms with Crippen LogP contribution in [0.5, 0.6) is 0 Å². The number of aryl methyl sites for hydroxylation is 1. The molecule has 0 radical (unpaired) electrons. The Morgan fingerprint density at radius 2 is 2.13 bits per heavy atom. The van der Waals surface area contributed by atoms with E-state index in [2.05, 4.69) is 27.2 Å². The maximum Gasteiger partial charge on any atom is 0.223 e. The van der Waals surface area contributed by atoms with Gasteiger partial charge >= 0.3 is 0 Å². The number of nitrogens with one attached hydrogen (secondary N) is 1. The zero-order chi connectivity index (χ0) is 16.1. The van der Waals surface area contributed by atoms with Gasteiger partial charge in [-0.25, -0.2) is 9.67 Å². The van der Waals surface area contributed by atoms with Crippen molar-refractivity contribution >= 4 is 5.91 Å². The van der Waals surface area contributed by atoms with Crippen LogP contribution in [0.3, 0.4) is 0 Å². The van der Waals surface area contributed by atoms with E-state index in [9.17, 15) is 4.79 Å². The van der Waals surface area contributed by atoms with Crippen LogP contribution in [0.4, 0.5) is 0 Å². The Morgan fingerprint density at radius 1 is 1.30 bits per heavy atom. The highest BCUT2D eigenvalue weighted by Crippen LogP contribution is 2.24. The van der Waals surface area contributed by atoms with Gasteiger partial charge in [0.1, 0.15) is 12.2 Å². The molecule has 1 atom stereocenters. The molecule has 1 aromatic heterocycles. The summed E-state index contributed by atoms with van der Waals surface area (Å²) < 4.78 is 1.96. The first-order valence-corrected chi connectivity index (χ1v) is 9.13. The molecule has 3 rings (SSSR count). The lowest BCUT2D eigenvalue weighted by Crippen LogP contribution is -2.36. The molecule has 0 bridgehead atoms. The first kappa shape index (κ1) is 16.4. The Bertz CT molecular complexity index is 509. The van der Waals surface area contributed by atoms with Crippen LogP contribution in [0.15, 0.2) is 6.33 Å². The fraction of sp³-hybridized carbons (Fsp3) is 0.824. The van der Waals surface area contributed by atoms with Crippen LogP contribution in [-0.4, -0.2) is 45.2 Å². The highest BCUT2D eigenvalue weighted by atomic mass is 16.1. The summed E-state index contributed by atoms with van der Waals surface area (Å²) in [6.07, 6.45) is 8.68. The molecular formula is C17H29N5O. The molecule has 6 nitrogen and oxygen atoms in total. The molecule has 1 amide bonds. The van der Waals surface area contributed by atoms with E-state index >= 15 is 0 Å². The molecule has 0 spiro atoms. The van der Waals surface area contributed by atoms with Gasteiger partial charge in [0, 0.05) is 25.6 Å². The maximum atomic E-state index is 12.2. The van der Waals surface area contributed by atoms with E-state index in [0.29, 0.717) is 5.92 Å². The van der Waals surface area contributed by atoms with Crippen molar-refractivity contribution in [3.8, 4) is 0 Å². The van der Waals surface area contributed by atoms with Crippen molar-refractivity contribution in [1.29, 1.82) is 0 Å². The van der Waals surface area contributed by atoms with E-state index in [1.54, 1.807) is 6.33 Å². The van der Waals surface area contributed by atoms with Crippen LogP contribution in [0.1, 0.15) is 51.3 Å². The van der Waals surface area contributed by atoms with Gasteiger partial charge in [-0.2, -0.15) is 5.10 Å². The number of carbonyl (C=O) groups excluding carboxylic acids is 1. The summed E-state index contributed by atoms with van der Waals surface area (Å²) in [5.41, 5.74) is 0. The van der Waals surface area contributed by atoms with Crippen molar-refractivity contribution in [1.82, 2.24) is 25.0 Å². The smallest absolute Gasteiger partial charge is 0.223 e. The van der Waals surface area contributed by atoms with Crippen molar-refractivity contribution in [2.75, 3.05) is 19.6 Å². The van der Waals surface area contributed by atoms with Crippen LogP contribution in [-0.2, 0) is 17.9 Å². The van der Waals surface area contributed by atoms with Crippen LogP contribution in [0.2, 0.25) is 0 Å². The summed E-state index contributed by atoms with van der Waals surface area (Å²) in [5.74, 6) is 2.16. The van der Waals surface area contributed by atoms with E-state index in [1.807, 2.05) is 4.68 Å². The minimum absolute atomic E-state index is 0.268. The summed E-state index contributed by atoms with van der Waals surface area (Å²) in [5, 5.41) is 7.43. The van der Waals surface area contributed by atoms with Crippen LogP contribution in [0, 0.1) is 11.8 Å². The maximum absolute atomic E-state index is 12.2. The van der Waals surface area contributed by atoms with Crippen molar-refractivity contribution in [3.05, 3.63) is 12.2 Å². The molecule has 1 saturated heterocycles. The first-order valence-electron chi connectivity index (χ1n) is 9.13. The average molecular weight is 319 g/mol. The number of carbonyl (C=O) groups is 1. The number of aromatic nitrogens is 3. The number of nitrogens with zero attached hydrogens (tertiary/aromatic N) is 4. The summed E-state index contributed by atoms with van der Waals surface area (Å²) in [4.78, 5) is 19.0. The zero-order valence-electron chi connectivity index (χ0n) is 14.2. The molecule has 6 heteroatoms. The topological polar surface area (TPSA) is 63.1 Å². The van der Waals surface area contributed by atoms with Gasteiger partial charge < -0.3 is 5.32 Å². The second-order valence-corrected chi connectivity index (χ2v) is 6.96. The number of rotatable bonds is 6. The van der Waals surface area contributed by atoms with Crippen molar-refractivity contribution in [2.45, 2.75) is 58.5 Å². The minimum atomic E-state index is 0.268. The largest absolute Gasteiger partial charge is 0.356 e. The Balaban J connectivity index is 1.40. The van der Waals surface area contributed by atoms with E-state index in [1.165, 1.54) is 19.3 Å². The number of amides is 1. The van der Waals surface area contributed by atoms with Gasteiger partial charge in [-0.15, -0.1) is 0 Å². The second kappa shape index (κ2) is 7.90. The normalized spacial score (nSPS) is 23.3. The molecule has 2 fully saturated rings. The van der Waals surface area contributed by atoms with E-state index in [0.717, 1.165) is 57.8 Å². The fourth-order valence-corrected chi connectivity index (χ4v) is 3.85. The van der Waals surface area contributed by atoms with Crippen molar-refractivity contribution in [2.24, 2.45) is 11.8 Å². The molecule has 1 saturated carbocycles. The second-order valence-electron chi connectivity index (χ2n) is 6.96. The van der Waals surface area contributed by atoms with Gasteiger partial charge in [0.05, 0.1) is 6.54 Å². The molecule has 1 aromatic rings. The highest BCUT2D eigenvalue weighted by molar-refractivity contribution is 5.78. The molecule has 23 heavy (non-hydrogen) atoms. The molecule has 1 N–H and O–H groups in total. The predicted octanol–water partition coefficient (Wildman–Crippen LogP) is 1.82. The van der Waals surface area contributed by atoms with Gasteiger partial charge in [0.2, 0.25) is 5.91 Å². The number of likely N-dealkylation sites (tertiary alicyclic amines) is 1. The van der Waals surface area contributed by atoms with Crippen LogP contribution < -0.4 is 5.32 Å². The van der Waals surface area contributed by atoms with Crippen LogP contribution in [0.25, 0.3) is 0 Å². The first-order chi connectivity index (χ1) is 11.3. The lowest BCUT2D eigenvalue weighted by molar-refractivity contribution is -0.126. The SMILES string of the molecule is CCn1ncnc1CN1CC[C@H](CNC(=O)C2CCCCC2)C1. The molecule has 0 unspecified atom stereocenters. The summed E-state index contributed by atoms with van der Waals surface area (Å²) in [6, 6.07) is 0. The third kappa shape index (κ3) is 4.31. The van der Waals surface area contributed by atoms with Gasteiger partial charge in [-0.1, -0.05) is 19.3 Å². The van der Waals surface area contributed by atoms with Gasteiger partial charge in [0.25, 0.3) is 0 Å². The molecule has 2 aliphatic rings. The monoisotopic (exact) mass is 319 g/mol. The van der Waals surface area contributed by atoms with Crippen molar-refractivity contribution in [3.63, 3.8) is 0 Å². The summed E-state index contributed by atoms with van der Waals surface area (Å²) in [7, 11) is 0. The molecule has 2 heterocycles. The standard InChI is InChI=1S/C17H29N5O/c1-2-22-16(19-13-20-22)12-21-9-8-14(11-21)10-18-17(23)15-6-4-3-5-7-15/h13-15H,2-12H2,1H3,(H,18,23)/t14-/m1/s1. The predicted molar refractivity (Wildman–Crippen MR) is 88.7 cm³/mol. The van der Waals surface area contributed by atoms with E-state index < -0.39 is 0 Å². The molecule has 1 aliphatic heterocycles. The van der Waals surface area contributed by atoms with Crippen LogP contribution >= 0.6 is 0 Å². The van der Waals surface area contributed by atoms with Gasteiger partial charge in [0.15, 0.2) is 0 Å². The Morgan fingerprint density at radius 3 is 2.91 bits per heavy atom. The van der Waals surface area contributed by atoms with Gasteiger partial charge in [-0.05, 0) is 38.6 Å².